The van der Waals surface area contributed by atoms with Gasteiger partial charge < -0.3 is 9.64 Å². The molecular formula is C9H19NOS. The van der Waals surface area contributed by atoms with Gasteiger partial charge in [-0.1, -0.05) is 6.92 Å². The Labute approximate surface area is 80.7 Å². The molecule has 0 N–H and O–H groups in total. The number of thiol groups is 1. The number of rotatable bonds is 4. The molecule has 72 valence electrons. The highest BCUT2D eigenvalue weighted by molar-refractivity contribution is 7.80. The Kier molecular flexibility index (Phi) is 5.04. The molecule has 2 nitrogen and oxygen atoms in total. The first-order chi connectivity index (χ1) is 5.86. The van der Waals surface area contributed by atoms with E-state index in [0.29, 0.717) is 6.10 Å². The molecule has 1 fully saturated rings. The molecule has 1 heterocycles. The summed E-state index contributed by atoms with van der Waals surface area (Å²) in [5.74, 6) is 0.841. The highest BCUT2D eigenvalue weighted by atomic mass is 32.1. The van der Waals surface area contributed by atoms with E-state index in [1.165, 1.54) is 32.5 Å². The number of likely N-dealkylation sites (tertiary alicyclic amines) is 1. The summed E-state index contributed by atoms with van der Waals surface area (Å²) in [4.78, 5) is 2.47. The van der Waals surface area contributed by atoms with Crippen molar-refractivity contribution in [2.45, 2.75) is 25.9 Å². The summed E-state index contributed by atoms with van der Waals surface area (Å²) in [7, 11) is 0. The minimum absolute atomic E-state index is 0.500. The predicted octanol–water partition coefficient (Wildman–Crippen LogP) is 1.42. The van der Waals surface area contributed by atoms with Crippen LogP contribution in [0.2, 0.25) is 0 Å². The number of nitrogens with zero attached hydrogens (tertiary/aromatic N) is 1. The van der Waals surface area contributed by atoms with Crippen molar-refractivity contribution in [2.24, 2.45) is 0 Å². The molecule has 0 saturated carbocycles. The Morgan fingerprint density at radius 2 is 2.08 bits per heavy atom. The van der Waals surface area contributed by atoms with Gasteiger partial charge >= 0.3 is 0 Å². The van der Waals surface area contributed by atoms with E-state index in [1.54, 1.807) is 0 Å². The molecule has 0 atom stereocenters. The molecule has 0 spiro atoms. The standard InChI is InChI=1S/C9H19NOS/c1-2-10-5-3-9(4-6-10)11-7-8-12/h9,12H,2-8H2,1H3. The van der Waals surface area contributed by atoms with Gasteiger partial charge in [-0.05, 0) is 19.4 Å². The van der Waals surface area contributed by atoms with Crippen LogP contribution in [0, 0.1) is 0 Å². The molecule has 1 aliphatic rings. The summed E-state index contributed by atoms with van der Waals surface area (Å²) < 4.78 is 5.62. The lowest BCUT2D eigenvalue weighted by Gasteiger charge is -2.30. The van der Waals surface area contributed by atoms with Crippen LogP contribution < -0.4 is 0 Å². The Bertz CT molecular complexity index is 113. The fourth-order valence-corrected chi connectivity index (χ4v) is 1.72. The number of ether oxygens (including phenoxy) is 1. The molecule has 1 aliphatic heterocycles. The van der Waals surface area contributed by atoms with E-state index >= 15 is 0 Å². The van der Waals surface area contributed by atoms with Gasteiger partial charge in [0.1, 0.15) is 0 Å². The van der Waals surface area contributed by atoms with E-state index in [9.17, 15) is 0 Å². The van der Waals surface area contributed by atoms with E-state index in [1.807, 2.05) is 0 Å². The first-order valence-corrected chi connectivity index (χ1v) is 5.45. The summed E-state index contributed by atoms with van der Waals surface area (Å²) in [6.07, 6.45) is 2.89. The molecule has 0 unspecified atom stereocenters. The van der Waals surface area contributed by atoms with Gasteiger partial charge in [0, 0.05) is 18.8 Å². The van der Waals surface area contributed by atoms with Gasteiger partial charge in [0.2, 0.25) is 0 Å². The van der Waals surface area contributed by atoms with Crippen molar-refractivity contribution in [3.63, 3.8) is 0 Å². The molecule has 0 aliphatic carbocycles. The molecule has 0 radical (unpaired) electrons. The van der Waals surface area contributed by atoms with Crippen LogP contribution in [-0.4, -0.2) is 43.0 Å². The van der Waals surface area contributed by atoms with Gasteiger partial charge in [-0.2, -0.15) is 12.6 Å². The minimum Gasteiger partial charge on any atom is -0.377 e. The molecule has 0 bridgehead atoms. The third-order valence-corrected chi connectivity index (χ3v) is 2.61. The number of piperidine rings is 1. The molecule has 1 rings (SSSR count). The molecule has 0 aromatic rings. The maximum Gasteiger partial charge on any atom is 0.0599 e. The van der Waals surface area contributed by atoms with Crippen LogP contribution in [0.15, 0.2) is 0 Å². The maximum atomic E-state index is 5.62. The first-order valence-electron chi connectivity index (χ1n) is 4.81. The van der Waals surface area contributed by atoms with Gasteiger partial charge in [-0.15, -0.1) is 0 Å². The summed E-state index contributed by atoms with van der Waals surface area (Å²) in [6.45, 7) is 6.61. The third kappa shape index (κ3) is 3.33. The highest BCUT2D eigenvalue weighted by Crippen LogP contribution is 2.12. The highest BCUT2D eigenvalue weighted by Gasteiger charge is 2.17. The monoisotopic (exact) mass is 189 g/mol. The van der Waals surface area contributed by atoms with Crippen molar-refractivity contribution in [1.82, 2.24) is 4.90 Å². The maximum absolute atomic E-state index is 5.62. The smallest absolute Gasteiger partial charge is 0.0599 e. The normalized spacial score (nSPS) is 21.5. The van der Waals surface area contributed by atoms with E-state index in [-0.39, 0.29) is 0 Å². The largest absolute Gasteiger partial charge is 0.377 e. The average Bonchev–Trinajstić information content (AvgIpc) is 2.15. The van der Waals surface area contributed by atoms with Crippen molar-refractivity contribution >= 4 is 12.6 Å². The first kappa shape index (κ1) is 10.4. The second kappa shape index (κ2) is 5.84. The van der Waals surface area contributed by atoms with Crippen LogP contribution in [0.3, 0.4) is 0 Å². The molecule has 12 heavy (non-hydrogen) atoms. The number of hydrogen-bond donors (Lipinski definition) is 1. The Hall–Kier alpha value is 0.270. The zero-order chi connectivity index (χ0) is 8.81. The van der Waals surface area contributed by atoms with Crippen LogP contribution in [-0.2, 0) is 4.74 Å². The SMILES string of the molecule is CCN1CCC(OCCS)CC1. The topological polar surface area (TPSA) is 12.5 Å². The fraction of sp³-hybridized carbons (Fsp3) is 1.00. The van der Waals surface area contributed by atoms with E-state index in [2.05, 4.69) is 24.5 Å². The Morgan fingerprint density at radius 1 is 1.42 bits per heavy atom. The molecule has 0 aromatic heterocycles. The summed E-state index contributed by atoms with van der Waals surface area (Å²) in [6, 6.07) is 0. The Morgan fingerprint density at radius 3 is 2.58 bits per heavy atom. The van der Waals surface area contributed by atoms with Crippen LogP contribution in [0.4, 0.5) is 0 Å². The summed E-state index contributed by atoms with van der Waals surface area (Å²) >= 11 is 4.12. The second-order valence-corrected chi connectivity index (χ2v) is 3.68. The van der Waals surface area contributed by atoms with Gasteiger partial charge in [-0.25, -0.2) is 0 Å². The zero-order valence-corrected chi connectivity index (χ0v) is 8.72. The van der Waals surface area contributed by atoms with Crippen LogP contribution in [0.25, 0.3) is 0 Å². The lowest BCUT2D eigenvalue weighted by molar-refractivity contribution is 0.0169. The third-order valence-electron chi connectivity index (χ3n) is 2.43. The van der Waals surface area contributed by atoms with Crippen molar-refractivity contribution in [3.8, 4) is 0 Å². The van der Waals surface area contributed by atoms with Crippen molar-refractivity contribution < 1.29 is 4.74 Å². The van der Waals surface area contributed by atoms with E-state index in [4.69, 9.17) is 4.74 Å². The zero-order valence-electron chi connectivity index (χ0n) is 7.83. The van der Waals surface area contributed by atoms with E-state index in [0.717, 1.165) is 12.4 Å². The van der Waals surface area contributed by atoms with Gasteiger partial charge in [0.05, 0.1) is 12.7 Å². The molecule has 3 heteroatoms. The van der Waals surface area contributed by atoms with Gasteiger partial charge in [0.25, 0.3) is 0 Å². The minimum atomic E-state index is 0.500. The average molecular weight is 189 g/mol. The van der Waals surface area contributed by atoms with E-state index < -0.39 is 0 Å². The van der Waals surface area contributed by atoms with Crippen molar-refractivity contribution in [3.05, 3.63) is 0 Å². The molecule has 1 saturated heterocycles. The van der Waals surface area contributed by atoms with Crippen LogP contribution >= 0.6 is 12.6 Å². The molecule has 0 aromatic carbocycles. The lowest BCUT2D eigenvalue weighted by atomic mass is 10.1. The van der Waals surface area contributed by atoms with Gasteiger partial charge in [-0.3, -0.25) is 0 Å². The van der Waals surface area contributed by atoms with Crippen molar-refractivity contribution in [1.29, 1.82) is 0 Å². The summed E-state index contributed by atoms with van der Waals surface area (Å²) in [5.41, 5.74) is 0. The number of hydrogen-bond acceptors (Lipinski definition) is 3. The molecular weight excluding hydrogens is 170 g/mol. The second-order valence-electron chi connectivity index (χ2n) is 3.23. The van der Waals surface area contributed by atoms with Crippen LogP contribution in [0.5, 0.6) is 0 Å². The van der Waals surface area contributed by atoms with Crippen molar-refractivity contribution in [2.75, 3.05) is 32.0 Å². The fourth-order valence-electron chi connectivity index (χ4n) is 1.61. The van der Waals surface area contributed by atoms with Gasteiger partial charge in [0.15, 0.2) is 0 Å². The predicted molar refractivity (Wildman–Crippen MR) is 54.9 cm³/mol. The Balaban J connectivity index is 2.09. The summed E-state index contributed by atoms with van der Waals surface area (Å²) in [5, 5.41) is 0. The lowest BCUT2D eigenvalue weighted by Crippen LogP contribution is -2.36. The van der Waals surface area contributed by atoms with Crippen LogP contribution in [0.1, 0.15) is 19.8 Å². The molecule has 0 amide bonds. The quantitative estimate of drug-likeness (QED) is 0.671.